The molecule has 0 amide bonds. The molecule has 2 N–H and O–H groups in total. The summed E-state index contributed by atoms with van der Waals surface area (Å²) in [7, 11) is 0. The third-order valence-electron chi connectivity index (χ3n) is 5.39. The van der Waals surface area contributed by atoms with E-state index in [9.17, 15) is 0 Å². The average Bonchev–Trinajstić information content (AvgIpc) is 3.06. The molecule has 126 valence electrons. The first-order chi connectivity index (χ1) is 11.7. The molecule has 0 bridgehead atoms. The highest BCUT2D eigenvalue weighted by molar-refractivity contribution is 8.03. The molecule has 24 heavy (non-hydrogen) atoms. The van der Waals surface area contributed by atoms with Crippen LogP contribution in [0.15, 0.2) is 47.0 Å². The Labute approximate surface area is 149 Å². The van der Waals surface area contributed by atoms with Gasteiger partial charge in [0.1, 0.15) is 0 Å². The topological polar surface area (TPSA) is 38.9 Å². The largest absolute Gasteiger partial charge is 0.323 e. The van der Waals surface area contributed by atoms with Crippen LogP contribution >= 0.6 is 11.8 Å². The average molecular weight is 339 g/mol. The van der Waals surface area contributed by atoms with Crippen molar-refractivity contribution in [2.24, 2.45) is 5.73 Å². The van der Waals surface area contributed by atoms with Crippen LogP contribution in [0.5, 0.6) is 0 Å². The van der Waals surface area contributed by atoms with Gasteiger partial charge < -0.3 is 5.73 Å². The summed E-state index contributed by atoms with van der Waals surface area (Å²) in [5, 5.41) is 0.526. The minimum atomic E-state index is -0.00383. The van der Waals surface area contributed by atoms with Crippen molar-refractivity contribution < 1.29 is 0 Å². The fourth-order valence-corrected chi connectivity index (χ4v) is 5.46. The van der Waals surface area contributed by atoms with Gasteiger partial charge in [0.15, 0.2) is 0 Å². The molecule has 0 saturated carbocycles. The second kappa shape index (κ2) is 6.89. The van der Waals surface area contributed by atoms with Gasteiger partial charge in [0, 0.05) is 28.3 Å². The van der Waals surface area contributed by atoms with Crippen molar-refractivity contribution in [3.05, 3.63) is 63.9 Å². The summed E-state index contributed by atoms with van der Waals surface area (Å²) in [5.74, 6) is 0.531. The summed E-state index contributed by atoms with van der Waals surface area (Å²) in [5.41, 5.74) is 11.7. The molecular weight excluding hydrogens is 312 g/mol. The lowest BCUT2D eigenvalue weighted by atomic mass is 9.85. The third kappa shape index (κ3) is 3.12. The van der Waals surface area contributed by atoms with Gasteiger partial charge in [0.2, 0.25) is 0 Å². The van der Waals surface area contributed by atoms with E-state index in [2.05, 4.69) is 36.6 Å². The summed E-state index contributed by atoms with van der Waals surface area (Å²) >= 11 is 2.04. The number of aromatic nitrogens is 1. The minimum absolute atomic E-state index is 0.00383. The van der Waals surface area contributed by atoms with E-state index in [0.717, 1.165) is 5.69 Å². The van der Waals surface area contributed by atoms with Crippen molar-refractivity contribution in [2.75, 3.05) is 0 Å². The Morgan fingerprint density at radius 1 is 1.25 bits per heavy atom. The van der Waals surface area contributed by atoms with Crippen LogP contribution in [0.3, 0.4) is 0 Å². The maximum absolute atomic E-state index is 6.11. The standard InChI is InChI=1S/C21H26N2S/c1-14(22)19-12-17(15-7-3-2-4-8-15)18(13-23-19)21-11-16-9-5-6-10-20(16)24-21/h3,6-7,10,12-15,21H,2,4-5,8-9,11,22H2,1H3. The van der Waals surface area contributed by atoms with E-state index in [1.54, 1.807) is 5.57 Å². The van der Waals surface area contributed by atoms with E-state index in [-0.39, 0.29) is 6.04 Å². The lowest BCUT2D eigenvalue weighted by Crippen LogP contribution is -2.12. The summed E-state index contributed by atoms with van der Waals surface area (Å²) in [6.07, 6.45) is 18.9. The van der Waals surface area contributed by atoms with E-state index < -0.39 is 0 Å². The summed E-state index contributed by atoms with van der Waals surface area (Å²) in [6.45, 7) is 2.03. The van der Waals surface area contributed by atoms with Crippen molar-refractivity contribution in [1.82, 2.24) is 4.98 Å². The molecule has 3 unspecified atom stereocenters. The molecule has 3 aliphatic rings. The predicted molar refractivity (Wildman–Crippen MR) is 103 cm³/mol. The second-order valence-electron chi connectivity index (χ2n) is 7.21. The Kier molecular flexibility index (Phi) is 4.64. The zero-order valence-corrected chi connectivity index (χ0v) is 15.2. The quantitative estimate of drug-likeness (QED) is 0.718. The number of hydrogen-bond donors (Lipinski definition) is 1. The van der Waals surface area contributed by atoms with Crippen LogP contribution in [0.4, 0.5) is 0 Å². The molecular formula is C21H26N2S. The molecule has 3 heteroatoms. The highest BCUT2D eigenvalue weighted by Crippen LogP contribution is 2.52. The van der Waals surface area contributed by atoms with E-state index in [1.807, 2.05) is 18.7 Å². The number of hydrogen-bond acceptors (Lipinski definition) is 3. The van der Waals surface area contributed by atoms with Gasteiger partial charge in [-0.2, -0.15) is 0 Å². The van der Waals surface area contributed by atoms with Crippen molar-refractivity contribution in [2.45, 2.75) is 62.7 Å². The number of nitrogens with zero attached hydrogens (tertiary/aromatic N) is 1. The number of pyridine rings is 1. The fourth-order valence-electron chi connectivity index (χ4n) is 4.02. The molecule has 0 fully saturated rings. The SMILES string of the molecule is CC(N)c1cc(C2C=CCCC2)c(C2CC3=C(C=CCC3)S2)cn1. The molecule has 1 aromatic heterocycles. The van der Waals surface area contributed by atoms with Crippen molar-refractivity contribution in [1.29, 1.82) is 0 Å². The van der Waals surface area contributed by atoms with Crippen molar-refractivity contribution in [3.63, 3.8) is 0 Å². The van der Waals surface area contributed by atoms with Crippen LogP contribution in [-0.2, 0) is 0 Å². The first kappa shape index (κ1) is 16.2. The zero-order valence-electron chi connectivity index (χ0n) is 14.4. The van der Waals surface area contributed by atoms with Crippen LogP contribution in [0.25, 0.3) is 0 Å². The molecule has 4 rings (SSSR count). The van der Waals surface area contributed by atoms with E-state index in [4.69, 9.17) is 10.7 Å². The number of rotatable bonds is 3. The van der Waals surface area contributed by atoms with Crippen LogP contribution in [-0.4, -0.2) is 4.98 Å². The Morgan fingerprint density at radius 3 is 2.92 bits per heavy atom. The fraction of sp³-hybridized carbons (Fsp3) is 0.476. The molecule has 0 radical (unpaired) electrons. The van der Waals surface area contributed by atoms with Crippen LogP contribution < -0.4 is 5.73 Å². The van der Waals surface area contributed by atoms with E-state index in [0.29, 0.717) is 11.2 Å². The number of nitrogens with two attached hydrogens (primary N) is 1. The normalized spacial score (nSPS) is 27.4. The van der Waals surface area contributed by atoms with E-state index >= 15 is 0 Å². The summed E-state index contributed by atoms with van der Waals surface area (Å²) in [6, 6.07) is 2.28. The van der Waals surface area contributed by atoms with Crippen molar-refractivity contribution in [3.8, 4) is 0 Å². The number of thioether (sulfide) groups is 1. The Hall–Kier alpha value is -1.32. The Morgan fingerprint density at radius 2 is 2.17 bits per heavy atom. The van der Waals surface area contributed by atoms with Gasteiger partial charge >= 0.3 is 0 Å². The molecule has 2 heterocycles. The van der Waals surface area contributed by atoms with Gasteiger partial charge in [-0.05, 0) is 62.6 Å². The first-order valence-corrected chi connectivity index (χ1v) is 10.1. The first-order valence-electron chi connectivity index (χ1n) is 9.19. The maximum atomic E-state index is 6.11. The van der Waals surface area contributed by atoms with Gasteiger partial charge in [0.05, 0.1) is 5.69 Å². The lowest BCUT2D eigenvalue weighted by Gasteiger charge is -2.24. The smallest absolute Gasteiger partial charge is 0.0571 e. The maximum Gasteiger partial charge on any atom is 0.0571 e. The van der Waals surface area contributed by atoms with Crippen LogP contribution in [0.1, 0.15) is 79.5 Å². The highest BCUT2D eigenvalue weighted by atomic mass is 32.2. The van der Waals surface area contributed by atoms with Gasteiger partial charge in [-0.3, -0.25) is 4.98 Å². The zero-order chi connectivity index (χ0) is 16.5. The molecule has 0 aromatic carbocycles. The van der Waals surface area contributed by atoms with Gasteiger partial charge in [-0.15, -0.1) is 11.8 Å². The summed E-state index contributed by atoms with van der Waals surface area (Å²) in [4.78, 5) is 6.20. The van der Waals surface area contributed by atoms with Gasteiger partial charge in [-0.25, -0.2) is 0 Å². The highest BCUT2D eigenvalue weighted by Gasteiger charge is 2.29. The van der Waals surface area contributed by atoms with Crippen LogP contribution in [0, 0.1) is 0 Å². The lowest BCUT2D eigenvalue weighted by molar-refractivity contribution is 0.643. The van der Waals surface area contributed by atoms with Crippen LogP contribution in [0.2, 0.25) is 0 Å². The Balaban J connectivity index is 1.68. The molecule has 0 spiro atoms. The molecule has 1 aliphatic heterocycles. The molecule has 3 atom stereocenters. The molecule has 2 nitrogen and oxygen atoms in total. The van der Waals surface area contributed by atoms with Gasteiger partial charge in [-0.1, -0.05) is 29.9 Å². The third-order valence-corrected chi connectivity index (χ3v) is 6.77. The van der Waals surface area contributed by atoms with Crippen molar-refractivity contribution >= 4 is 11.8 Å². The minimum Gasteiger partial charge on any atom is -0.323 e. The summed E-state index contributed by atoms with van der Waals surface area (Å²) < 4.78 is 0. The molecule has 2 aliphatic carbocycles. The number of allylic oxidation sites excluding steroid dienone is 5. The second-order valence-corrected chi connectivity index (χ2v) is 8.46. The molecule has 1 aromatic rings. The van der Waals surface area contributed by atoms with E-state index in [1.165, 1.54) is 54.6 Å². The molecule has 0 saturated heterocycles. The monoisotopic (exact) mass is 338 g/mol. The Bertz CT molecular complexity index is 715. The van der Waals surface area contributed by atoms with Gasteiger partial charge in [0.25, 0.3) is 0 Å². The predicted octanol–water partition coefficient (Wildman–Crippen LogP) is 5.71.